The second-order valence-electron chi connectivity index (χ2n) is 6.76. The molecule has 3 aliphatic carbocycles. The van der Waals surface area contributed by atoms with E-state index in [1.807, 2.05) is 7.11 Å². The summed E-state index contributed by atoms with van der Waals surface area (Å²) in [5.41, 5.74) is 0. The summed E-state index contributed by atoms with van der Waals surface area (Å²) in [6.45, 7) is 4.40. The van der Waals surface area contributed by atoms with Crippen molar-refractivity contribution in [2.24, 2.45) is 29.6 Å². The molecule has 0 heterocycles. The van der Waals surface area contributed by atoms with E-state index in [4.69, 9.17) is 4.74 Å². The van der Waals surface area contributed by atoms with Crippen LogP contribution >= 0.6 is 0 Å². The van der Waals surface area contributed by atoms with Gasteiger partial charge in [-0.1, -0.05) is 6.92 Å². The molecule has 3 aliphatic rings. The van der Waals surface area contributed by atoms with Gasteiger partial charge in [-0.2, -0.15) is 0 Å². The highest BCUT2D eigenvalue weighted by atomic mass is 16.5. The number of nitrogens with one attached hydrogen (secondary N) is 1. The van der Waals surface area contributed by atoms with Gasteiger partial charge in [0.1, 0.15) is 0 Å². The van der Waals surface area contributed by atoms with E-state index in [2.05, 4.69) is 12.2 Å². The Balaban J connectivity index is 1.53. The molecule has 0 saturated heterocycles. The summed E-state index contributed by atoms with van der Waals surface area (Å²) in [5.74, 6) is 5.47. The number of fused-ring (bicyclic) bond motifs is 5. The van der Waals surface area contributed by atoms with E-state index in [1.165, 1.54) is 25.8 Å². The van der Waals surface area contributed by atoms with E-state index in [1.54, 1.807) is 19.3 Å². The van der Waals surface area contributed by atoms with Crippen molar-refractivity contribution >= 4 is 0 Å². The van der Waals surface area contributed by atoms with Crippen molar-refractivity contribution in [3.8, 4) is 0 Å². The first kappa shape index (κ1) is 12.9. The Hall–Kier alpha value is -0.0800. The highest BCUT2D eigenvalue weighted by Gasteiger charge is 2.66. The van der Waals surface area contributed by atoms with Gasteiger partial charge < -0.3 is 10.1 Å². The Labute approximate surface area is 112 Å². The van der Waals surface area contributed by atoms with Gasteiger partial charge in [0.25, 0.3) is 0 Å². The Morgan fingerprint density at radius 1 is 1.22 bits per heavy atom. The van der Waals surface area contributed by atoms with Crippen LogP contribution in [0.4, 0.5) is 0 Å². The number of rotatable bonds is 8. The van der Waals surface area contributed by atoms with Gasteiger partial charge in [-0.3, -0.25) is 0 Å². The van der Waals surface area contributed by atoms with Crippen molar-refractivity contribution in [2.75, 3.05) is 20.3 Å². The maximum absolute atomic E-state index is 5.22. The van der Waals surface area contributed by atoms with Gasteiger partial charge >= 0.3 is 0 Å². The fourth-order valence-corrected chi connectivity index (χ4v) is 5.14. The molecular formula is C16H29NO. The van der Waals surface area contributed by atoms with Crippen LogP contribution in [-0.2, 0) is 4.74 Å². The molecular weight excluding hydrogens is 222 g/mol. The minimum absolute atomic E-state index is 0.790. The standard InChI is InChI=1S/C16H29NO/c1-3-8-17-13(5-4-9-18-2)16-14-11-6-7-12(10-11)15(14)16/h11-17H,3-10H2,1-2H3. The van der Waals surface area contributed by atoms with Crippen molar-refractivity contribution < 1.29 is 4.74 Å². The lowest BCUT2D eigenvalue weighted by Gasteiger charge is -2.22. The van der Waals surface area contributed by atoms with Crippen LogP contribution in [0.15, 0.2) is 0 Å². The smallest absolute Gasteiger partial charge is 0.0462 e. The Kier molecular flexibility index (Phi) is 3.95. The fourth-order valence-electron chi connectivity index (χ4n) is 5.14. The first-order chi connectivity index (χ1) is 8.86. The number of ether oxygens (including phenoxy) is 1. The van der Waals surface area contributed by atoms with E-state index in [0.717, 1.165) is 42.2 Å². The van der Waals surface area contributed by atoms with Crippen molar-refractivity contribution in [3.05, 3.63) is 0 Å². The molecule has 0 aromatic heterocycles. The van der Waals surface area contributed by atoms with E-state index in [0.29, 0.717) is 0 Å². The minimum atomic E-state index is 0.790. The molecule has 5 unspecified atom stereocenters. The highest BCUT2D eigenvalue weighted by Crippen LogP contribution is 2.70. The molecule has 2 nitrogen and oxygen atoms in total. The first-order valence-corrected chi connectivity index (χ1v) is 8.09. The molecule has 2 bridgehead atoms. The van der Waals surface area contributed by atoms with Crippen LogP contribution in [0.2, 0.25) is 0 Å². The average Bonchev–Trinajstić information content (AvgIpc) is 2.81. The van der Waals surface area contributed by atoms with E-state index in [9.17, 15) is 0 Å². The predicted octanol–water partition coefficient (Wildman–Crippen LogP) is 3.07. The third kappa shape index (κ3) is 2.22. The molecule has 0 spiro atoms. The van der Waals surface area contributed by atoms with Gasteiger partial charge in [0.15, 0.2) is 0 Å². The highest BCUT2D eigenvalue weighted by molar-refractivity contribution is 5.15. The zero-order valence-electron chi connectivity index (χ0n) is 12.0. The van der Waals surface area contributed by atoms with Gasteiger partial charge in [-0.05, 0) is 74.7 Å². The van der Waals surface area contributed by atoms with E-state index >= 15 is 0 Å². The lowest BCUT2D eigenvalue weighted by molar-refractivity contribution is 0.185. The summed E-state index contributed by atoms with van der Waals surface area (Å²) in [5, 5.41) is 3.83. The van der Waals surface area contributed by atoms with Crippen LogP contribution in [0.1, 0.15) is 45.4 Å². The van der Waals surface area contributed by atoms with Gasteiger partial charge in [-0.25, -0.2) is 0 Å². The average molecular weight is 251 g/mol. The molecule has 1 N–H and O–H groups in total. The summed E-state index contributed by atoms with van der Waals surface area (Å²) in [6, 6.07) is 0.790. The molecule has 3 fully saturated rings. The summed E-state index contributed by atoms with van der Waals surface area (Å²) >= 11 is 0. The van der Waals surface area contributed by atoms with Gasteiger partial charge in [0, 0.05) is 19.8 Å². The third-order valence-electron chi connectivity index (χ3n) is 5.78. The van der Waals surface area contributed by atoms with Crippen LogP contribution in [-0.4, -0.2) is 26.3 Å². The number of hydrogen-bond donors (Lipinski definition) is 1. The number of hydrogen-bond acceptors (Lipinski definition) is 2. The van der Waals surface area contributed by atoms with Crippen LogP contribution in [0, 0.1) is 29.6 Å². The Bertz CT molecular complexity index is 264. The first-order valence-electron chi connectivity index (χ1n) is 8.09. The normalized spacial score (nSPS) is 42.0. The molecule has 0 amide bonds. The summed E-state index contributed by atoms with van der Waals surface area (Å²) in [7, 11) is 1.82. The maximum atomic E-state index is 5.22. The zero-order chi connectivity index (χ0) is 12.5. The summed E-state index contributed by atoms with van der Waals surface area (Å²) in [4.78, 5) is 0. The lowest BCUT2D eigenvalue weighted by Crippen LogP contribution is -2.34. The summed E-state index contributed by atoms with van der Waals surface area (Å²) < 4.78 is 5.22. The molecule has 5 atom stereocenters. The van der Waals surface area contributed by atoms with Crippen molar-refractivity contribution in [1.29, 1.82) is 0 Å². The van der Waals surface area contributed by atoms with E-state index in [-0.39, 0.29) is 0 Å². The third-order valence-corrected chi connectivity index (χ3v) is 5.78. The minimum Gasteiger partial charge on any atom is -0.385 e. The molecule has 3 rings (SSSR count). The molecule has 18 heavy (non-hydrogen) atoms. The van der Waals surface area contributed by atoms with Crippen LogP contribution in [0.5, 0.6) is 0 Å². The fraction of sp³-hybridized carbons (Fsp3) is 1.00. The Morgan fingerprint density at radius 3 is 2.56 bits per heavy atom. The molecule has 0 aliphatic heterocycles. The van der Waals surface area contributed by atoms with Crippen LogP contribution in [0.25, 0.3) is 0 Å². The second-order valence-corrected chi connectivity index (χ2v) is 6.76. The van der Waals surface area contributed by atoms with Gasteiger partial charge in [0.2, 0.25) is 0 Å². The van der Waals surface area contributed by atoms with Crippen molar-refractivity contribution in [1.82, 2.24) is 5.32 Å². The molecule has 104 valence electrons. The second kappa shape index (κ2) is 5.50. The topological polar surface area (TPSA) is 21.3 Å². The predicted molar refractivity (Wildman–Crippen MR) is 74.5 cm³/mol. The maximum Gasteiger partial charge on any atom is 0.0462 e. The molecule has 2 heteroatoms. The molecule has 0 aromatic carbocycles. The quantitative estimate of drug-likeness (QED) is 0.669. The largest absolute Gasteiger partial charge is 0.385 e. The SMILES string of the molecule is CCCNC(CCCOC)C1C2C3CCC(C3)C21. The monoisotopic (exact) mass is 251 g/mol. The van der Waals surface area contributed by atoms with Crippen LogP contribution < -0.4 is 5.32 Å². The summed E-state index contributed by atoms with van der Waals surface area (Å²) in [6.07, 6.45) is 8.47. The number of methoxy groups -OCH3 is 1. The van der Waals surface area contributed by atoms with Crippen molar-refractivity contribution in [2.45, 2.75) is 51.5 Å². The van der Waals surface area contributed by atoms with Crippen molar-refractivity contribution in [3.63, 3.8) is 0 Å². The molecule has 0 aromatic rings. The lowest BCUT2D eigenvalue weighted by atomic mass is 9.95. The van der Waals surface area contributed by atoms with Gasteiger partial charge in [0.05, 0.1) is 0 Å². The zero-order valence-corrected chi connectivity index (χ0v) is 12.0. The van der Waals surface area contributed by atoms with Crippen LogP contribution in [0.3, 0.4) is 0 Å². The molecule has 0 radical (unpaired) electrons. The van der Waals surface area contributed by atoms with Gasteiger partial charge in [-0.15, -0.1) is 0 Å². The molecule has 3 saturated carbocycles. The van der Waals surface area contributed by atoms with E-state index < -0.39 is 0 Å². The Morgan fingerprint density at radius 2 is 1.94 bits per heavy atom.